The Hall–Kier alpha value is -2.81. The number of fused-ring (bicyclic) bond motifs is 1. The normalized spacial score (nSPS) is 26.1. The van der Waals surface area contributed by atoms with Crippen LogP contribution in [0.2, 0.25) is 0 Å². The number of amides is 2. The molecule has 0 spiro atoms. The molecule has 0 radical (unpaired) electrons. The first-order valence-corrected chi connectivity index (χ1v) is 12.2. The number of hydrogen-bond donors (Lipinski definition) is 1. The highest BCUT2D eigenvalue weighted by Gasteiger charge is 2.51. The highest BCUT2D eigenvalue weighted by molar-refractivity contribution is 5.98. The molecule has 0 saturated carbocycles. The third kappa shape index (κ3) is 4.45. The molecule has 8 heteroatoms. The van der Waals surface area contributed by atoms with Gasteiger partial charge in [0.25, 0.3) is 0 Å². The first-order chi connectivity index (χ1) is 16.5. The Labute approximate surface area is 200 Å². The lowest BCUT2D eigenvalue weighted by molar-refractivity contribution is -0.141. The van der Waals surface area contributed by atoms with Crippen LogP contribution in [0.3, 0.4) is 0 Å². The number of likely N-dealkylation sites (tertiary alicyclic amines) is 1. The van der Waals surface area contributed by atoms with E-state index in [1.54, 1.807) is 11.1 Å². The van der Waals surface area contributed by atoms with Gasteiger partial charge in [-0.3, -0.25) is 14.5 Å². The summed E-state index contributed by atoms with van der Waals surface area (Å²) in [6.07, 6.45) is 0. The van der Waals surface area contributed by atoms with Crippen LogP contribution >= 0.6 is 0 Å². The Morgan fingerprint density at radius 3 is 2.38 bits per heavy atom. The van der Waals surface area contributed by atoms with E-state index in [1.165, 1.54) is 6.07 Å². The van der Waals surface area contributed by atoms with Gasteiger partial charge in [-0.1, -0.05) is 43.3 Å². The predicted molar refractivity (Wildman–Crippen MR) is 128 cm³/mol. The number of para-hydroxylation sites is 1. The molecule has 3 atom stereocenters. The third-order valence-corrected chi connectivity index (χ3v) is 7.41. The fourth-order valence-corrected chi connectivity index (χ4v) is 5.43. The van der Waals surface area contributed by atoms with Gasteiger partial charge in [0.15, 0.2) is 0 Å². The summed E-state index contributed by atoms with van der Waals surface area (Å²) in [5.74, 6) is -0.579. The monoisotopic (exact) mass is 465 g/mol. The molecular formula is C26H32FN5O2. The molecule has 1 N–H and O–H groups in total. The molecule has 3 aliphatic rings. The van der Waals surface area contributed by atoms with Gasteiger partial charge >= 0.3 is 0 Å². The average molecular weight is 466 g/mol. The summed E-state index contributed by atoms with van der Waals surface area (Å²) in [5.41, 5.74) is 4.87. The van der Waals surface area contributed by atoms with Crippen molar-refractivity contribution in [2.75, 3.05) is 50.8 Å². The van der Waals surface area contributed by atoms with Crippen molar-refractivity contribution < 1.29 is 14.0 Å². The Bertz CT molecular complexity index is 1030. The maximum absolute atomic E-state index is 14.0. The molecule has 34 heavy (non-hydrogen) atoms. The smallest absolute Gasteiger partial charge is 0.247 e. The molecule has 5 rings (SSSR count). The minimum Gasteiger partial charge on any atom is -0.340 e. The van der Waals surface area contributed by atoms with E-state index < -0.39 is 0 Å². The molecule has 3 unspecified atom stereocenters. The molecule has 2 amide bonds. The quantitative estimate of drug-likeness (QED) is 0.732. The van der Waals surface area contributed by atoms with E-state index in [4.69, 9.17) is 0 Å². The van der Waals surface area contributed by atoms with Crippen molar-refractivity contribution in [2.24, 2.45) is 11.8 Å². The number of nitrogens with one attached hydrogen (secondary N) is 1. The topological polar surface area (TPSA) is 59.1 Å². The van der Waals surface area contributed by atoms with Gasteiger partial charge in [0.05, 0.1) is 23.6 Å². The second-order valence-electron chi connectivity index (χ2n) is 9.42. The van der Waals surface area contributed by atoms with E-state index in [9.17, 15) is 14.0 Å². The van der Waals surface area contributed by atoms with E-state index in [0.717, 1.165) is 12.2 Å². The number of hydrazine groups is 1. The minimum atomic E-state index is -0.283. The van der Waals surface area contributed by atoms with E-state index >= 15 is 0 Å². The lowest BCUT2D eigenvalue weighted by Gasteiger charge is -2.42. The van der Waals surface area contributed by atoms with Crippen molar-refractivity contribution >= 4 is 17.5 Å². The van der Waals surface area contributed by atoms with Crippen molar-refractivity contribution in [3.63, 3.8) is 0 Å². The molecule has 180 valence electrons. The standard InChI is InChI=1S/C26H32FN5O2/c1-2-29-17-21(24-22(18-29)26(34)32(28-24)20-9-4-3-5-10-20)25(33)31-14-12-30(13-15-31)16-19-8-6-7-11-23(19)27/h3-11,21-22,24,28H,2,12-18H2,1H3. The van der Waals surface area contributed by atoms with Crippen molar-refractivity contribution in [2.45, 2.75) is 19.5 Å². The molecule has 3 saturated heterocycles. The van der Waals surface area contributed by atoms with Crippen molar-refractivity contribution in [3.05, 3.63) is 66.0 Å². The van der Waals surface area contributed by atoms with E-state index in [1.807, 2.05) is 47.4 Å². The minimum absolute atomic E-state index is 0.0295. The zero-order chi connectivity index (χ0) is 23.7. The van der Waals surface area contributed by atoms with Crippen LogP contribution in [0.1, 0.15) is 12.5 Å². The highest BCUT2D eigenvalue weighted by Crippen LogP contribution is 2.32. The zero-order valence-corrected chi connectivity index (χ0v) is 19.6. The number of carbonyl (C=O) groups is 2. The number of piperidine rings is 1. The number of carbonyl (C=O) groups excluding carboxylic acids is 2. The highest BCUT2D eigenvalue weighted by atomic mass is 19.1. The van der Waals surface area contributed by atoms with Crippen LogP contribution in [-0.2, 0) is 16.1 Å². The van der Waals surface area contributed by atoms with Gasteiger partial charge in [-0.05, 0) is 24.7 Å². The first-order valence-electron chi connectivity index (χ1n) is 12.2. The zero-order valence-electron chi connectivity index (χ0n) is 19.6. The molecule has 0 bridgehead atoms. The number of rotatable bonds is 5. The number of halogens is 1. The maximum atomic E-state index is 14.0. The Morgan fingerprint density at radius 2 is 1.68 bits per heavy atom. The van der Waals surface area contributed by atoms with Gasteiger partial charge in [0.2, 0.25) is 11.8 Å². The maximum Gasteiger partial charge on any atom is 0.247 e. The van der Waals surface area contributed by atoms with Crippen LogP contribution < -0.4 is 10.4 Å². The van der Waals surface area contributed by atoms with Crippen LogP contribution in [-0.4, -0.2) is 78.4 Å². The van der Waals surface area contributed by atoms with E-state index in [-0.39, 0.29) is 35.5 Å². The molecule has 2 aromatic rings. The molecule has 2 aromatic carbocycles. The molecule has 3 heterocycles. The summed E-state index contributed by atoms with van der Waals surface area (Å²) in [5, 5.41) is 1.63. The average Bonchev–Trinajstić information content (AvgIpc) is 3.21. The summed E-state index contributed by atoms with van der Waals surface area (Å²) >= 11 is 0. The van der Waals surface area contributed by atoms with Crippen LogP contribution in [0.5, 0.6) is 0 Å². The van der Waals surface area contributed by atoms with Crippen molar-refractivity contribution in [1.29, 1.82) is 0 Å². The second kappa shape index (κ2) is 9.82. The number of hydrogen-bond acceptors (Lipinski definition) is 5. The molecule has 0 aliphatic carbocycles. The lowest BCUT2D eigenvalue weighted by Crippen LogP contribution is -2.59. The molecule has 3 aliphatic heterocycles. The number of benzene rings is 2. The summed E-state index contributed by atoms with van der Waals surface area (Å²) in [7, 11) is 0. The second-order valence-corrected chi connectivity index (χ2v) is 9.42. The van der Waals surface area contributed by atoms with Gasteiger partial charge in [0.1, 0.15) is 5.82 Å². The van der Waals surface area contributed by atoms with Gasteiger partial charge in [0, 0.05) is 51.4 Å². The van der Waals surface area contributed by atoms with Crippen LogP contribution in [0, 0.1) is 17.7 Å². The third-order valence-electron chi connectivity index (χ3n) is 7.41. The molecule has 0 aromatic heterocycles. The van der Waals surface area contributed by atoms with Crippen LogP contribution in [0.15, 0.2) is 54.6 Å². The van der Waals surface area contributed by atoms with E-state index in [2.05, 4.69) is 22.1 Å². The number of nitrogens with zero attached hydrogens (tertiary/aromatic N) is 4. The van der Waals surface area contributed by atoms with Gasteiger partial charge < -0.3 is 9.80 Å². The van der Waals surface area contributed by atoms with Gasteiger partial charge in [-0.2, -0.15) is 0 Å². The van der Waals surface area contributed by atoms with Crippen molar-refractivity contribution in [1.82, 2.24) is 20.1 Å². The van der Waals surface area contributed by atoms with Gasteiger partial charge in [-0.15, -0.1) is 0 Å². The summed E-state index contributed by atoms with van der Waals surface area (Å²) in [6, 6.07) is 16.2. The molecule has 3 fully saturated rings. The summed E-state index contributed by atoms with van der Waals surface area (Å²) in [4.78, 5) is 33.3. The molecule has 7 nitrogen and oxygen atoms in total. The Balaban J connectivity index is 1.26. The van der Waals surface area contributed by atoms with Crippen molar-refractivity contribution in [3.8, 4) is 0 Å². The van der Waals surface area contributed by atoms with Crippen LogP contribution in [0.25, 0.3) is 0 Å². The van der Waals surface area contributed by atoms with Gasteiger partial charge in [-0.25, -0.2) is 14.8 Å². The largest absolute Gasteiger partial charge is 0.340 e. The summed E-state index contributed by atoms with van der Waals surface area (Å²) in [6.45, 7) is 7.39. The summed E-state index contributed by atoms with van der Waals surface area (Å²) < 4.78 is 14.0. The fraction of sp³-hybridized carbons (Fsp3) is 0.462. The Kier molecular flexibility index (Phi) is 6.63. The number of anilines is 1. The Morgan fingerprint density at radius 1 is 0.971 bits per heavy atom. The number of piperazine rings is 1. The van der Waals surface area contributed by atoms with E-state index in [0.29, 0.717) is 51.4 Å². The predicted octanol–water partition coefficient (Wildman–Crippen LogP) is 1.96. The SMILES string of the molecule is CCN1CC(C(=O)N2CCN(Cc3ccccc3F)CC2)C2NN(c3ccccc3)C(=O)C2C1. The lowest BCUT2D eigenvalue weighted by atomic mass is 9.83. The molecular weight excluding hydrogens is 433 g/mol. The van der Waals surface area contributed by atoms with Crippen LogP contribution in [0.4, 0.5) is 10.1 Å². The fourth-order valence-electron chi connectivity index (χ4n) is 5.43. The first kappa shape index (κ1) is 23.0.